The van der Waals surface area contributed by atoms with Gasteiger partial charge >= 0.3 is 0 Å². The molecule has 27 heavy (non-hydrogen) atoms. The molecule has 0 unspecified atom stereocenters. The molecule has 1 heterocycles. The number of hydrogen-bond donors (Lipinski definition) is 1. The van der Waals surface area contributed by atoms with E-state index in [1.54, 1.807) is 6.08 Å². The number of nitrogens with one attached hydrogen (secondary N) is 1. The number of nitrogens with zero attached hydrogens (tertiary/aromatic N) is 1. The summed E-state index contributed by atoms with van der Waals surface area (Å²) in [6.45, 7) is 1.95. The molecule has 3 aromatic carbocycles. The minimum absolute atomic E-state index is 0.184. The van der Waals surface area contributed by atoms with E-state index in [-0.39, 0.29) is 5.91 Å². The fraction of sp³-hybridized carbons (Fsp3) is 0.0435. The summed E-state index contributed by atoms with van der Waals surface area (Å²) in [6.07, 6.45) is 3.32. The van der Waals surface area contributed by atoms with E-state index in [0.29, 0.717) is 5.89 Å². The van der Waals surface area contributed by atoms with Gasteiger partial charge in [-0.05, 0) is 48.4 Å². The van der Waals surface area contributed by atoms with Crippen LogP contribution in [0.3, 0.4) is 0 Å². The normalized spacial score (nSPS) is 11.1. The second-order valence-corrected chi connectivity index (χ2v) is 6.20. The summed E-state index contributed by atoms with van der Waals surface area (Å²) in [5.74, 6) is 0.362. The summed E-state index contributed by atoms with van der Waals surface area (Å²) >= 11 is 0. The minimum atomic E-state index is -0.184. The number of anilines is 1. The van der Waals surface area contributed by atoms with Crippen LogP contribution in [0.15, 0.2) is 83.3 Å². The van der Waals surface area contributed by atoms with Crippen LogP contribution in [-0.4, -0.2) is 10.9 Å². The van der Waals surface area contributed by atoms with Crippen molar-refractivity contribution in [3.05, 3.63) is 90.0 Å². The number of amides is 1. The number of carbonyl (C=O) groups excluding carboxylic acids is 1. The third kappa shape index (κ3) is 3.65. The Morgan fingerprint density at radius 2 is 1.74 bits per heavy atom. The zero-order valence-electron chi connectivity index (χ0n) is 14.8. The first-order valence-electron chi connectivity index (χ1n) is 8.70. The van der Waals surface area contributed by atoms with Gasteiger partial charge in [-0.15, -0.1) is 0 Å². The highest BCUT2D eigenvalue weighted by molar-refractivity contribution is 6.02. The molecule has 4 heteroatoms. The largest absolute Gasteiger partial charge is 0.436 e. The number of hydrogen-bond acceptors (Lipinski definition) is 3. The van der Waals surface area contributed by atoms with E-state index in [0.717, 1.165) is 33.5 Å². The van der Waals surface area contributed by atoms with Crippen LogP contribution in [0.5, 0.6) is 0 Å². The van der Waals surface area contributed by atoms with E-state index in [9.17, 15) is 4.79 Å². The molecule has 132 valence electrons. The average Bonchev–Trinajstić information content (AvgIpc) is 3.13. The Bertz CT molecular complexity index is 1090. The van der Waals surface area contributed by atoms with Crippen molar-refractivity contribution in [2.75, 3.05) is 5.32 Å². The van der Waals surface area contributed by atoms with E-state index < -0.39 is 0 Å². The molecule has 0 aliphatic carbocycles. The van der Waals surface area contributed by atoms with E-state index in [4.69, 9.17) is 4.42 Å². The average molecular weight is 354 g/mol. The zero-order valence-corrected chi connectivity index (χ0v) is 14.8. The fourth-order valence-electron chi connectivity index (χ4n) is 2.90. The standard InChI is InChI=1S/C23H18N2O2/c1-16-18(23-25-20-11-5-6-13-21(20)27-23)10-7-12-19(16)24-22(26)15-14-17-8-3-2-4-9-17/h2-15H,1H3,(H,24,26)/b15-14+. The lowest BCUT2D eigenvalue weighted by Gasteiger charge is -2.09. The Morgan fingerprint density at radius 1 is 0.963 bits per heavy atom. The summed E-state index contributed by atoms with van der Waals surface area (Å²) in [6, 6.07) is 23.1. The third-order valence-corrected chi connectivity index (χ3v) is 4.34. The van der Waals surface area contributed by atoms with Gasteiger partial charge in [0.15, 0.2) is 5.58 Å². The lowest BCUT2D eigenvalue weighted by molar-refractivity contribution is -0.111. The van der Waals surface area contributed by atoms with Crippen molar-refractivity contribution >= 4 is 28.8 Å². The molecular weight excluding hydrogens is 336 g/mol. The van der Waals surface area contributed by atoms with Crippen molar-refractivity contribution in [3.63, 3.8) is 0 Å². The van der Waals surface area contributed by atoms with Crippen molar-refractivity contribution < 1.29 is 9.21 Å². The molecular formula is C23H18N2O2. The van der Waals surface area contributed by atoms with Crippen molar-refractivity contribution in [2.24, 2.45) is 0 Å². The molecule has 0 saturated carbocycles. The molecule has 4 aromatic rings. The topological polar surface area (TPSA) is 55.1 Å². The van der Waals surface area contributed by atoms with Gasteiger partial charge in [-0.1, -0.05) is 48.5 Å². The summed E-state index contributed by atoms with van der Waals surface area (Å²) in [5, 5.41) is 2.93. The Balaban J connectivity index is 1.58. The first-order valence-corrected chi connectivity index (χ1v) is 8.70. The highest BCUT2D eigenvalue weighted by Crippen LogP contribution is 2.30. The molecule has 4 nitrogen and oxygen atoms in total. The Hall–Kier alpha value is -3.66. The molecule has 1 aromatic heterocycles. The molecule has 0 spiro atoms. The van der Waals surface area contributed by atoms with E-state index in [1.807, 2.05) is 79.7 Å². The molecule has 0 saturated heterocycles. The molecule has 0 bridgehead atoms. The number of carbonyl (C=O) groups is 1. The van der Waals surface area contributed by atoms with Crippen molar-refractivity contribution in [1.29, 1.82) is 0 Å². The molecule has 1 amide bonds. The van der Waals surface area contributed by atoms with Crippen LogP contribution in [0.2, 0.25) is 0 Å². The minimum Gasteiger partial charge on any atom is -0.436 e. The van der Waals surface area contributed by atoms with Crippen molar-refractivity contribution in [3.8, 4) is 11.5 Å². The summed E-state index contributed by atoms with van der Waals surface area (Å²) < 4.78 is 5.86. The van der Waals surface area contributed by atoms with E-state index in [2.05, 4.69) is 10.3 Å². The maximum Gasteiger partial charge on any atom is 0.248 e. The van der Waals surface area contributed by atoms with Crippen molar-refractivity contribution in [2.45, 2.75) is 6.92 Å². The number of para-hydroxylation sites is 2. The van der Waals surface area contributed by atoms with Crippen LogP contribution < -0.4 is 5.32 Å². The number of benzene rings is 3. The lowest BCUT2D eigenvalue weighted by atomic mass is 10.1. The van der Waals surface area contributed by atoms with Gasteiger partial charge in [0, 0.05) is 17.3 Å². The maximum absolute atomic E-state index is 12.3. The predicted molar refractivity (Wildman–Crippen MR) is 108 cm³/mol. The Kier molecular flexibility index (Phi) is 4.54. The number of fused-ring (bicyclic) bond motifs is 1. The van der Waals surface area contributed by atoms with Gasteiger partial charge in [0.1, 0.15) is 5.52 Å². The number of aromatic nitrogens is 1. The summed E-state index contributed by atoms with van der Waals surface area (Å²) in [5.41, 5.74) is 5.03. The van der Waals surface area contributed by atoms with Crippen LogP contribution >= 0.6 is 0 Å². The lowest BCUT2D eigenvalue weighted by Crippen LogP contribution is -2.09. The van der Waals surface area contributed by atoms with Gasteiger partial charge in [-0.2, -0.15) is 0 Å². The first kappa shape index (κ1) is 16.8. The van der Waals surface area contributed by atoms with Crippen LogP contribution in [0, 0.1) is 6.92 Å². The quantitative estimate of drug-likeness (QED) is 0.495. The number of oxazole rings is 1. The molecule has 0 atom stereocenters. The van der Waals surface area contributed by atoms with Crippen LogP contribution in [0.1, 0.15) is 11.1 Å². The predicted octanol–water partition coefficient (Wildman–Crippen LogP) is 5.46. The summed E-state index contributed by atoms with van der Waals surface area (Å²) in [4.78, 5) is 16.8. The van der Waals surface area contributed by atoms with Gasteiger partial charge in [0.05, 0.1) is 0 Å². The van der Waals surface area contributed by atoms with Crippen LogP contribution in [0.25, 0.3) is 28.6 Å². The SMILES string of the molecule is Cc1c(NC(=O)/C=C/c2ccccc2)cccc1-c1nc2ccccc2o1. The smallest absolute Gasteiger partial charge is 0.248 e. The van der Waals surface area contributed by atoms with Crippen molar-refractivity contribution in [1.82, 2.24) is 4.98 Å². The molecule has 0 aliphatic rings. The van der Waals surface area contributed by atoms with Gasteiger partial charge < -0.3 is 9.73 Å². The van der Waals surface area contributed by atoms with Gasteiger partial charge in [0.25, 0.3) is 0 Å². The van der Waals surface area contributed by atoms with Gasteiger partial charge in [-0.25, -0.2) is 4.98 Å². The highest BCUT2D eigenvalue weighted by Gasteiger charge is 2.13. The molecule has 1 N–H and O–H groups in total. The molecule has 0 radical (unpaired) electrons. The number of rotatable bonds is 4. The van der Waals surface area contributed by atoms with E-state index in [1.165, 1.54) is 6.08 Å². The molecule has 0 aliphatic heterocycles. The first-order chi connectivity index (χ1) is 13.2. The van der Waals surface area contributed by atoms with Crippen LogP contribution in [0.4, 0.5) is 5.69 Å². The van der Waals surface area contributed by atoms with E-state index >= 15 is 0 Å². The molecule has 4 rings (SSSR count). The molecule has 0 fully saturated rings. The van der Waals surface area contributed by atoms with Gasteiger partial charge in [0.2, 0.25) is 11.8 Å². The fourth-order valence-corrected chi connectivity index (χ4v) is 2.90. The zero-order chi connectivity index (χ0) is 18.6. The second-order valence-electron chi connectivity index (χ2n) is 6.20. The third-order valence-electron chi connectivity index (χ3n) is 4.34. The van der Waals surface area contributed by atoms with Gasteiger partial charge in [-0.3, -0.25) is 4.79 Å². The highest BCUT2D eigenvalue weighted by atomic mass is 16.3. The second kappa shape index (κ2) is 7.30. The Morgan fingerprint density at radius 3 is 2.56 bits per heavy atom. The Labute approximate surface area is 157 Å². The van der Waals surface area contributed by atoms with Crippen LogP contribution in [-0.2, 0) is 4.79 Å². The maximum atomic E-state index is 12.3. The monoisotopic (exact) mass is 354 g/mol. The summed E-state index contributed by atoms with van der Waals surface area (Å²) in [7, 11) is 0.